The quantitative estimate of drug-likeness (QED) is 0.753. The van der Waals surface area contributed by atoms with Gasteiger partial charge in [-0.15, -0.1) is 0 Å². The van der Waals surface area contributed by atoms with E-state index in [1.54, 1.807) is 12.1 Å². The van der Waals surface area contributed by atoms with Crippen LogP contribution in [0.4, 0.5) is 4.39 Å². The van der Waals surface area contributed by atoms with Gasteiger partial charge in [-0.1, -0.05) is 30.7 Å². The van der Waals surface area contributed by atoms with Crippen LogP contribution >= 0.6 is 0 Å². The summed E-state index contributed by atoms with van der Waals surface area (Å²) in [7, 11) is 0. The SMILES string of the molecule is O=C(NCCF)c1ccc(-c2ccc3c(c2)CCN([C@@H]2CCN(C4CCC4)C2)C3=O)cc1. The molecule has 32 heavy (non-hydrogen) atoms. The third kappa shape index (κ3) is 4.04. The molecule has 5 nitrogen and oxygen atoms in total. The summed E-state index contributed by atoms with van der Waals surface area (Å²) in [4.78, 5) is 29.9. The maximum atomic E-state index is 13.3. The summed E-state index contributed by atoms with van der Waals surface area (Å²) in [6.45, 7) is 2.37. The fourth-order valence-electron chi connectivity index (χ4n) is 5.22. The number of likely N-dealkylation sites (tertiary alicyclic amines) is 1. The van der Waals surface area contributed by atoms with Crippen molar-refractivity contribution in [2.24, 2.45) is 0 Å². The van der Waals surface area contributed by atoms with E-state index in [2.05, 4.69) is 21.2 Å². The first kappa shape index (κ1) is 21.1. The van der Waals surface area contributed by atoms with Gasteiger partial charge in [0.1, 0.15) is 6.67 Å². The van der Waals surface area contributed by atoms with Gasteiger partial charge in [0.15, 0.2) is 0 Å². The van der Waals surface area contributed by atoms with E-state index in [0.717, 1.165) is 60.8 Å². The summed E-state index contributed by atoms with van der Waals surface area (Å²) >= 11 is 0. The number of benzene rings is 2. The van der Waals surface area contributed by atoms with Crippen molar-refractivity contribution in [1.82, 2.24) is 15.1 Å². The molecule has 1 atom stereocenters. The second-order valence-electron chi connectivity index (χ2n) is 9.16. The monoisotopic (exact) mass is 435 g/mol. The van der Waals surface area contributed by atoms with E-state index in [9.17, 15) is 14.0 Å². The Bertz CT molecular complexity index is 1000. The summed E-state index contributed by atoms with van der Waals surface area (Å²) in [5.74, 6) is -0.105. The molecule has 0 aromatic heterocycles. The predicted molar refractivity (Wildman–Crippen MR) is 123 cm³/mol. The molecule has 168 valence electrons. The summed E-state index contributed by atoms with van der Waals surface area (Å²) in [6, 6.07) is 14.5. The fraction of sp³-hybridized carbons (Fsp3) is 0.462. The van der Waals surface area contributed by atoms with Crippen molar-refractivity contribution in [2.45, 2.75) is 44.2 Å². The number of alkyl halides is 1. The van der Waals surface area contributed by atoms with Crippen molar-refractivity contribution in [1.29, 1.82) is 0 Å². The average molecular weight is 436 g/mol. The molecule has 1 saturated carbocycles. The molecule has 2 aromatic carbocycles. The molecule has 0 spiro atoms. The molecular weight excluding hydrogens is 405 g/mol. The van der Waals surface area contributed by atoms with Gasteiger partial charge >= 0.3 is 0 Å². The molecule has 2 heterocycles. The smallest absolute Gasteiger partial charge is 0.254 e. The number of amides is 2. The van der Waals surface area contributed by atoms with Crippen LogP contribution in [0.1, 0.15) is 52.0 Å². The molecule has 1 saturated heterocycles. The minimum atomic E-state index is -0.575. The van der Waals surface area contributed by atoms with E-state index >= 15 is 0 Å². The van der Waals surface area contributed by atoms with Gasteiger partial charge in [-0.25, -0.2) is 4.39 Å². The van der Waals surface area contributed by atoms with Gasteiger partial charge in [-0.3, -0.25) is 14.5 Å². The molecule has 3 aliphatic rings. The highest BCUT2D eigenvalue weighted by atomic mass is 19.1. The average Bonchev–Trinajstić information content (AvgIpc) is 3.25. The van der Waals surface area contributed by atoms with E-state index in [-0.39, 0.29) is 18.4 Å². The maximum absolute atomic E-state index is 13.3. The fourth-order valence-corrected chi connectivity index (χ4v) is 5.22. The number of rotatable bonds is 6. The van der Waals surface area contributed by atoms with Crippen LogP contribution in [-0.4, -0.2) is 66.6 Å². The molecular formula is C26H30FN3O2. The second-order valence-corrected chi connectivity index (χ2v) is 9.16. The van der Waals surface area contributed by atoms with Crippen LogP contribution in [0.5, 0.6) is 0 Å². The van der Waals surface area contributed by atoms with Gasteiger partial charge in [0, 0.05) is 49.4 Å². The Hall–Kier alpha value is -2.73. The van der Waals surface area contributed by atoms with Crippen molar-refractivity contribution in [3.05, 3.63) is 59.2 Å². The lowest BCUT2D eigenvalue weighted by Crippen LogP contribution is -2.47. The third-order valence-corrected chi connectivity index (χ3v) is 7.31. The lowest BCUT2D eigenvalue weighted by molar-refractivity contribution is 0.0646. The van der Waals surface area contributed by atoms with E-state index in [1.165, 1.54) is 19.3 Å². The standard InChI is InChI=1S/C26H30FN3O2/c27-12-13-28-25(31)19-6-4-18(5-7-19)20-8-9-24-21(16-20)10-15-30(26(24)32)23-11-14-29(17-23)22-2-1-3-22/h4-9,16,22-23H,1-3,10-15,17H2,(H,28,31)/t23-/m1/s1. The number of hydrogen-bond donors (Lipinski definition) is 1. The number of nitrogens with zero attached hydrogens (tertiary/aromatic N) is 2. The highest BCUT2D eigenvalue weighted by Crippen LogP contribution is 2.32. The summed E-state index contributed by atoms with van der Waals surface area (Å²) < 4.78 is 12.3. The first-order valence-electron chi connectivity index (χ1n) is 11.8. The van der Waals surface area contributed by atoms with Crippen molar-refractivity contribution in [3.63, 3.8) is 0 Å². The minimum absolute atomic E-state index is 0.0237. The van der Waals surface area contributed by atoms with E-state index in [0.29, 0.717) is 11.6 Å². The van der Waals surface area contributed by atoms with Crippen molar-refractivity contribution < 1.29 is 14.0 Å². The van der Waals surface area contributed by atoms with Gasteiger partial charge in [0.2, 0.25) is 0 Å². The number of hydrogen-bond acceptors (Lipinski definition) is 3. The van der Waals surface area contributed by atoms with Crippen LogP contribution < -0.4 is 5.32 Å². The number of carbonyl (C=O) groups excluding carboxylic acids is 2. The Morgan fingerprint density at radius 2 is 1.78 bits per heavy atom. The lowest BCUT2D eigenvalue weighted by atomic mass is 9.92. The van der Waals surface area contributed by atoms with Crippen molar-refractivity contribution >= 4 is 11.8 Å². The van der Waals surface area contributed by atoms with Gasteiger partial charge in [-0.2, -0.15) is 0 Å². The summed E-state index contributed by atoms with van der Waals surface area (Å²) in [5, 5.41) is 2.54. The minimum Gasteiger partial charge on any atom is -0.349 e. The molecule has 5 rings (SSSR count). The highest BCUT2D eigenvalue weighted by molar-refractivity contribution is 5.98. The van der Waals surface area contributed by atoms with Crippen LogP contribution in [0.25, 0.3) is 11.1 Å². The van der Waals surface area contributed by atoms with Gasteiger partial charge in [0.05, 0.1) is 0 Å². The zero-order chi connectivity index (χ0) is 22.1. The third-order valence-electron chi connectivity index (χ3n) is 7.31. The van der Waals surface area contributed by atoms with Crippen LogP contribution in [0.2, 0.25) is 0 Å². The Kier molecular flexibility index (Phi) is 5.96. The van der Waals surface area contributed by atoms with Crippen molar-refractivity contribution in [2.75, 3.05) is 32.9 Å². The Labute approximate surface area is 188 Å². The summed E-state index contributed by atoms with van der Waals surface area (Å²) in [5.41, 5.74) is 4.47. The highest BCUT2D eigenvalue weighted by Gasteiger charge is 2.37. The Morgan fingerprint density at radius 3 is 2.50 bits per heavy atom. The lowest BCUT2D eigenvalue weighted by Gasteiger charge is -2.37. The molecule has 0 radical (unpaired) electrons. The van der Waals surface area contributed by atoms with Crippen LogP contribution in [0.15, 0.2) is 42.5 Å². The maximum Gasteiger partial charge on any atom is 0.254 e. The molecule has 0 bridgehead atoms. The first-order chi connectivity index (χ1) is 15.6. The Morgan fingerprint density at radius 1 is 1.00 bits per heavy atom. The normalized spacial score (nSPS) is 21.3. The number of halogens is 1. The van der Waals surface area contributed by atoms with Crippen molar-refractivity contribution in [3.8, 4) is 11.1 Å². The zero-order valence-electron chi connectivity index (χ0n) is 18.4. The van der Waals surface area contributed by atoms with Gasteiger partial charge in [0.25, 0.3) is 11.8 Å². The van der Waals surface area contributed by atoms with E-state index in [4.69, 9.17) is 0 Å². The molecule has 2 aliphatic heterocycles. The van der Waals surface area contributed by atoms with E-state index < -0.39 is 6.67 Å². The van der Waals surface area contributed by atoms with Crippen LogP contribution in [-0.2, 0) is 6.42 Å². The van der Waals surface area contributed by atoms with Gasteiger partial charge in [-0.05, 0) is 60.6 Å². The molecule has 0 unspecified atom stereocenters. The first-order valence-corrected chi connectivity index (χ1v) is 11.8. The number of fused-ring (bicyclic) bond motifs is 1. The number of nitrogens with one attached hydrogen (secondary N) is 1. The summed E-state index contributed by atoms with van der Waals surface area (Å²) in [6.07, 6.45) is 5.93. The topological polar surface area (TPSA) is 52.7 Å². The predicted octanol–water partition coefficient (Wildman–Crippen LogP) is 3.68. The van der Waals surface area contributed by atoms with Crippen LogP contribution in [0.3, 0.4) is 0 Å². The molecule has 2 amide bonds. The van der Waals surface area contributed by atoms with Gasteiger partial charge < -0.3 is 10.2 Å². The molecule has 6 heteroatoms. The molecule has 2 aromatic rings. The molecule has 2 fully saturated rings. The van der Waals surface area contributed by atoms with E-state index in [1.807, 2.05) is 24.3 Å². The largest absolute Gasteiger partial charge is 0.349 e. The number of carbonyl (C=O) groups is 2. The molecule has 1 N–H and O–H groups in total. The van der Waals surface area contributed by atoms with Crippen LogP contribution in [0, 0.1) is 0 Å². The molecule has 1 aliphatic carbocycles. The second kappa shape index (κ2) is 9.02. The zero-order valence-corrected chi connectivity index (χ0v) is 18.4. The Balaban J connectivity index is 1.27.